The maximum absolute atomic E-state index is 14.8. The Bertz CT molecular complexity index is 965. The molecule has 0 bridgehead atoms. The molecule has 0 spiro atoms. The molecule has 0 aromatic heterocycles. The van der Waals surface area contributed by atoms with E-state index in [2.05, 4.69) is 10.6 Å². The van der Waals surface area contributed by atoms with Crippen LogP contribution in [0.2, 0.25) is 5.02 Å². The van der Waals surface area contributed by atoms with E-state index in [9.17, 15) is 14.0 Å². The summed E-state index contributed by atoms with van der Waals surface area (Å²) in [6.07, 6.45) is 2.40. The van der Waals surface area contributed by atoms with Gasteiger partial charge in [0.25, 0.3) is 0 Å². The monoisotopic (exact) mass is 445 g/mol. The molecule has 2 atom stereocenters. The van der Waals surface area contributed by atoms with Gasteiger partial charge in [-0.15, -0.1) is 0 Å². The summed E-state index contributed by atoms with van der Waals surface area (Å²) in [7, 11) is 1.49. The summed E-state index contributed by atoms with van der Waals surface area (Å²) in [4.78, 5) is 27.1. The van der Waals surface area contributed by atoms with Gasteiger partial charge in [-0.3, -0.25) is 4.79 Å². The van der Waals surface area contributed by atoms with Gasteiger partial charge in [0.2, 0.25) is 5.91 Å². The molecule has 1 heterocycles. The fourth-order valence-electron chi connectivity index (χ4n) is 4.06. The van der Waals surface area contributed by atoms with E-state index in [1.54, 1.807) is 41.3 Å². The Morgan fingerprint density at radius 3 is 2.52 bits per heavy atom. The molecule has 1 aliphatic heterocycles. The van der Waals surface area contributed by atoms with Crippen LogP contribution in [0.4, 0.5) is 14.9 Å². The topological polar surface area (TPSA) is 70.7 Å². The van der Waals surface area contributed by atoms with Gasteiger partial charge in [-0.25, -0.2) is 9.18 Å². The van der Waals surface area contributed by atoms with Gasteiger partial charge in [0.05, 0.1) is 13.2 Å². The second kappa shape index (κ2) is 9.14. The van der Waals surface area contributed by atoms with Crippen molar-refractivity contribution in [2.75, 3.05) is 25.5 Å². The normalized spacial score (nSPS) is 20.8. The number of nitrogens with one attached hydrogen (secondary N) is 2. The summed E-state index contributed by atoms with van der Waals surface area (Å²) >= 11 is 5.89. The quantitative estimate of drug-likeness (QED) is 0.716. The maximum atomic E-state index is 14.8. The number of halogens is 2. The van der Waals surface area contributed by atoms with Crippen LogP contribution in [0.25, 0.3) is 0 Å². The Morgan fingerprint density at radius 1 is 1.13 bits per heavy atom. The van der Waals surface area contributed by atoms with Crippen LogP contribution in [0.1, 0.15) is 30.7 Å². The van der Waals surface area contributed by atoms with Crippen molar-refractivity contribution in [3.63, 3.8) is 0 Å². The summed E-state index contributed by atoms with van der Waals surface area (Å²) in [6.45, 7) is 0.891. The molecule has 8 heteroatoms. The lowest BCUT2D eigenvalue weighted by atomic mass is 9.84. The Balaban J connectivity index is 1.52. The largest absolute Gasteiger partial charge is 0.497 e. The first-order valence-electron chi connectivity index (χ1n) is 10.4. The zero-order valence-corrected chi connectivity index (χ0v) is 18.0. The first-order chi connectivity index (χ1) is 14.9. The highest BCUT2D eigenvalue weighted by molar-refractivity contribution is 6.30. The number of ether oxygens (including phenoxy) is 1. The summed E-state index contributed by atoms with van der Waals surface area (Å²) < 4.78 is 19.9. The second-order valence-electron chi connectivity index (χ2n) is 8.05. The second-order valence-corrected chi connectivity index (χ2v) is 8.49. The van der Waals surface area contributed by atoms with Gasteiger partial charge in [-0.05, 0) is 55.2 Å². The Hall–Kier alpha value is -2.80. The van der Waals surface area contributed by atoms with Crippen LogP contribution in [-0.4, -0.2) is 43.1 Å². The highest BCUT2D eigenvalue weighted by Crippen LogP contribution is 2.36. The first kappa shape index (κ1) is 21.4. The van der Waals surface area contributed by atoms with Crippen LogP contribution < -0.4 is 15.4 Å². The minimum absolute atomic E-state index is 0.0952. The van der Waals surface area contributed by atoms with Crippen LogP contribution in [0, 0.1) is 11.7 Å². The number of carbonyl (C=O) groups excluding carboxylic acids is 2. The number of piperidine rings is 1. The fourth-order valence-corrected chi connectivity index (χ4v) is 4.19. The smallest absolute Gasteiger partial charge is 0.319 e. The highest BCUT2D eigenvalue weighted by Gasteiger charge is 2.39. The third-order valence-electron chi connectivity index (χ3n) is 5.88. The van der Waals surface area contributed by atoms with Gasteiger partial charge in [-0.2, -0.15) is 0 Å². The van der Waals surface area contributed by atoms with Crippen LogP contribution in [0.3, 0.4) is 0 Å². The van der Waals surface area contributed by atoms with E-state index < -0.39 is 12.1 Å². The predicted molar refractivity (Wildman–Crippen MR) is 117 cm³/mol. The standard InChI is InChI=1S/C23H25ClFN3O3/c1-31-17-8-9-18(20(25)12-17)19-10-11-28(22(29)14-2-3-14)13-21(19)27-23(30)26-16-6-4-15(24)5-7-16/h4-9,12,14,19,21H,2-3,10-11,13H2,1H3,(H2,26,27,30). The molecular weight excluding hydrogens is 421 g/mol. The van der Waals surface area contributed by atoms with Gasteiger partial charge < -0.3 is 20.3 Å². The van der Waals surface area contributed by atoms with E-state index >= 15 is 0 Å². The van der Waals surface area contributed by atoms with Crippen LogP contribution >= 0.6 is 11.6 Å². The molecule has 31 heavy (non-hydrogen) atoms. The molecule has 1 aliphatic carbocycles. The number of rotatable bonds is 5. The van der Waals surface area contributed by atoms with E-state index in [0.29, 0.717) is 41.5 Å². The summed E-state index contributed by atoms with van der Waals surface area (Å²) in [6, 6.07) is 10.7. The summed E-state index contributed by atoms with van der Waals surface area (Å²) in [5, 5.41) is 6.30. The van der Waals surface area contributed by atoms with Crippen LogP contribution in [-0.2, 0) is 4.79 Å². The minimum atomic E-state index is -0.424. The van der Waals surface area contributed by atoms with E-state index in [1.165, 1.54) is 13.2 Å². The van der Waals surface area contributed by atoms with E-state index in [-0.39, 0.29) is 23.6 Å². The number of methoxy groups -OCH3 is 1. The molecule has 2 N–H and O–H groups in total. The van der Waals surface area contributed by atoms with Gasteiger partial charge >= 0.3 is 6.03 Å². The number of hydrogen-bond acceptors (Lipinski definition) is 3. The molecule has 2 aliphatic rings. The molecule has 1 saturated heterocycles. The van der Waals surface area contributed by atoms with Crippen molar-refractivity contribution in [3.8, 4) is 5.75 Å². The Kier molecular flexibility index (Phi) is 6.32. The third kappa shape index (κ3) is 5.10. The van der Waals surface area contributed by atoms with E-state index in [0.717, 1.165) is 12.8 Å². The molecule has 6 nitrogen and oxygen atoms in total. The zero-order valence-electron chi connectivity index (χ0n) is 17.2. The maximum Gasteiger partial charge on any atom is 0.319 e. The molecule has 164 valence electrons. The van der Waals surface area contributed by atoms with Crippen molar-refractivity contribution in [2.24, 2.45) is 5.92 Å². The average Bonchev–Trinajstić information content (AvgIpc) is 3.60. The fraction of sp³-hybridized carbons (Fsp3) is 0.391. The average molecular weight is 446 g/mol. The summed E-state index contributed by atoms with van der Waals surface area (Å²) in [5.74, 6) is 0.0188. The third-order valence-corrected chi connectivity index (χ3v) is 6.13. The number of benzene rings is 2. The number of amides is 3. The predicted octanol–water partition coefficient (Wildman–Crippen LogP) is 4.40. The number of likely N-dealkylation sites (tertiary alicyclic amines) is 1. The van der Waals surface area contributed by atoms with Gasteiger partial charge in [-0.1, -0.05) is 17.7 Å². The molecule has 1 saturated carbocycles. The molecule has 3 amide bonds. The van der Waals surface area contributed by atoms with Crippen molar-refractivity contribution in [2.45, 2.75) is 31.2 Å². The van der Waals surface area contributed by atoms with Crippen LogP contribution in [0.15, 0.2) is 42.5 Å². The van der Waals surface area contributed by atoms with Crippen molar-refractivity contribution in [1.82, 2.24) is 10.2 Å². The molecular formula is C23H25ClFN3O3. The summed E-state index contributed by atoms with van der Waals surface area (Å²) in [5.41, 5.74) is 1.10. The molecule has 2 aromatic carbocycles. The molecule has 4 rings (SSSR count). The molecule has 0 radical (unpaired) electrons. The van der Waals surface area contributed by atoms with Gasteiger partial charge in [0.15, 0.2) is 0 Å². The number of hydrogen-bond donors (Lipinski definition) is 2. The van der Waals surface area contributed by atoms with Crippen molar-refractivity contribution < 1.29 is 18.7 Å². The number of carbonyl (C=O) groups is 2. The van der Waals surface area contributed by atoms with Gasteiger partial charge in [0, 0.05) is 41.7 Å². The number of anilines is 1. The zero-order chi connectivity index (χ0) is 22.0. The van der Waals surface area contributed by atoms with Crippen molar-refractivity contribution in [1.29, 1.82) is 0 Å². The lowest BCUT2D eigenvalue weighted by molar-refractivity contribution is -0.134. The van der Waals surface area contributed by atoms with E-state index in [4.69, 9.17) is 16.3 Å². The molecule has 2 fully saturated rings. The molecule has 2 unspecified atom stereocenters. The van der Waals surface area contributed by atoms with Crippen molar-refractivity contribution >= 4 is 29.2 Å². The lowest BCUT2D eigenvalue weighted by Gasteiger charge is -2.39. The minimum Gasteiger partial charge on any atom is -0.497 e. The Morgan fingerprint density at radius 2 is 1.87 bits per heavy atom. The Labute approximate surface area is 185 Å². The highest BCUT2D eigenvalue weighted by atomic mass is 35.5. The van der Waals surface area contributed by atoms with Crippen LogP contribution in [0.5, 0.6) is 5.75 Å². The van der Waals surface area contributed by atoms with Gasteiger partial charge in [0.1, 0.15) is 11.6 Å². The van der Waals surface area contributed by atoms with E-state index in [1.807, 2.05) is 0 Å². The van der Waals surface area contributed by atoms with Crippen molar-refractivity contribution in [3.05, 3.63) is 58.9 Å². The number of urea groups is 1. The first-order valence-corrected chi connectivity index (χ1v) is 10.8. The SMILES string of the molecule is COc1ccc(C2CCN(C(=O)C3CC3)CC2NC(=O)Nc2ccc(Cl)cc2)c(F)c1. The molecule has 2 aromatic rings. The lowest BCUT2D eigenvalue weighted by Crippen LogP contribution is -2.54. The number of nitrogens with zero attached hydrogens (tertiary/aromatic N) is 1.